The van der Waals surface area contributed by atoms with Gasteiger partial charge in [0.25, 0.3) is 0 Å². The van der Waals surface area contributed by atoms with Crippen molar-refractivity contribution in [1.29, 1.82) is 0 Å². The van der Waals surface area contributed by atoms with Crippen molar-refractivity contribution in [2.45, 2.75) is 18.0 Å². The van der Waals surface area contributed by atoms with Crippen molar-refractivity contribution in [3.63, 3.8) is 0 Å². The first-order valence-corrected chi connectivity index (χ1v) is 11.5. The van der Waals surface area contributed by atoms with Crippen LogP contribution in [0.5, 0.6) is 0 Å². The Morgan fingerprint density at radius 3 is 2.69 bits per heavy atom. The fourth-order valence-corrected chi connectivity index (χ4v) is 4.72. The first kappa shape index (κ1) is 20.7. The van der Waals surface area contributed by atoms with Gasteiger partial charge in [-0.1, -0.05) is 35.5 Å². The Morgan fingerprint density at radius 1 is 1.09 bits per heavy atom. The molecule has 1 aliphatic heterocycles. The second-order valence-electron chi connectivity index (χ2n) is 7.44. The zero-order chi connectivity index (χ0) is 22.1. The highest BCUT2D eigenvalue weighted by Crippen LogP contribution is 2.32. The molecule has 5 rings (SSSR count). The van der Waals surface area contributed by atoms with Crippen molar-refractivity contribution >= 4 is 51.9 Å². The summed E-state index contributed by atoms with van der Waals surface area (Å²) < 4.78 is 1.92. The number of aromatic nitrogens is 5. The van der Waals surface area contributed by atoms with Crippen LogP contribution in [0.15, 0.2) is 52.4 Å². The number of H-pyrrole nitrogens is 2. The van der Waals surface area contributed by atoms with E-state index in [1.54, 1.807) is 18.2 Å². The third kappa shape index (κ3) is 4.11. The summed E-state index contributed by atoms with van der Waals surface area (Å²) in [4.78, 5) is 31.6. The predicted octanol–water partition coefficient (Wildman–Crippen LogP) is 3.42. The molecule has 164 valence electrons. The average molecular weight is 470 g/mol. The van der Waals surface area contributed by atoms with E-state index in [4.69, 9.17) is 11.6 Å². The topological polar surface area (TPSA) is 112 Å². The van der Waals surface area contributed by atoms with Crippen molar-refractivity contribution < 1.29 is 4.79 Å². The van der Waals surface area contributed by atoms with Crippen LogP contribution in [0.3, 0.4) is 0 Å². The number of anilines is 2. The third-order valence-electron chi connectivity index (χ3n) is 5.23. The number of amides is 1. The van der Waals surface area contributed by atoms with Gasteiger partial charge in [0, 0.05) is 18.8 Å². The number of hydrogen-bond acceptors (Lipinski definition) is 6. The van der Waals surface area contributed by atoms with Crippen molar-refractivity contribution in [3.05, 3.63) is 58.0 Å². The van der Waals surface area contributed by atoms with E-state index in [1.165, 1.54) is 11.8 Å². The van der Waals surface area contributed by atoms with Gasteiger partial charge in [0.2, 0.25) is 11.9 Å². The standard InChI is InChI=1S/C21H20ClN7O2S/c22-14-5-1-2-6-17(14)29-20(28-9-3-4-10-28)26-27-21(29)32-12-18(30)23-13-7-8-15-16(11-13)25-19(31)24-15/h1-2,5-8,11H,3-4,9-10,12H2,(H,23,30)(H2,24,25,31). The number of halogens is 1. The Bertz CT molecular complexity index is 1340. The lowest BCUT2D eigenvalue weighted by atomic mass is 10.3. The number of carbonyl (C=O) groups excluding carboxylic acids is 1. The minimum atomic E-state index is -0.285. The fourth-order valence-electron chi connectivity index (χ4n) is 3.76. The molecule has 11 heteroatoms. The molecular formula is C21H20ClN7O2S. The second kappa shape index (κ2) is 8.71. The SMILES string of the molecule is O=C(CSc1nnc(N2CCCC2)n1-c1ccccc1Cl)Nc1ccc2[nH]c(=O)[nH]c2c1. The van der Waals surface area contributed by atoms with Gasteiger partial charge in [-0.15, -0.1) is 10.2 Å². The Morgan fingerprint density at radius 2 is 1.88 bits per heavy atom. The summed E-state index contributed by atoms with van der Waals surface area (Å²) in [5.41, 5.74) is 2.42. The molecule has 2 aromatic heterocycles. The maximum absolute atomic E-state index is 12.6. The highest BCUT2D eigenvalue weighted by Gasteiger charge is 2.24. The number of imidazole rings is 1. The molecule has 0 saturated carbocycles. The molecule has 0 unspecified atom stereocenters. The van der Waals surface area contributed by atoms with Gasteiger partial charge in [0.15, 0.2) is 5.16 Å². The summed E-state index contributed by atoms with van der Waals surface area (Å²) in [5, 5.41) is 12.8. The molecule has 4 aromatic rings. The number of nitrogens with zero attached hydrogens (tertiary/aromatic N) is 4. The van der Waals surface area contributed by atoms with Gasteiger partial charge < -0.3 is 20.2 Å². The summed E-state index contributed by atoms with van der Waals surface area (Å²) in [6.07, 6.45) is 2.22. The smallest absolute Gasteiger partial charge is 0.323 e. The van der Waals surface area contributed by atoms with Crippen molar-refractivity contribution in [2.24, 2.45) is 0 Å². The van der Waals surface area contributed by atoms with Gasteiger partial charge in [0.1, 0.15) is 0 Å². The molecule has 0 bridgehead atoms. The molecule has 1 aliphatic rings. The molecule has 9 nitrogen and oxygen atoms in total. The van der Waals surface area contributed by atoms with Crippen LogP contribution in [-0.2, 0) is 4.79 Å². The van der Waals surface area contributed by atoms with E-state index in [0.29, 0.717) is 26.9 Å². The average Bonchev–Trinajstić information content (AvgIpc) is 3.51. The molecular weight excluding hydrogens is 450 g/mol. The van der Waals surface area contributed by atoms with E-state index in [1.807, 2.05) is 28.8 Å². The maximum Gasteiger partial charge on any atom is 0.323 e. The Hall–Kier alpha value is -3.24. The van der Waals surface area contributed by atoms with Crippen LogP contribution in [-0.4, -0.2) is 49.5 Å². The van der Waals surface area contributed by atoms with Crippen LogP contribution >= 0.6 is 23.4 Å². The number of fused-ring (bicyclic) bond motifs is 1. The predicted molar refractivity (Wildman–Crippen MR) is 126 cm³/mol. The minimum absolute atomic E-state index is 0.143. The van der Waals surface area contributed by atoms with Gasteiger partial charge in [-0.05, 0) is 43.2 Å². The Kier molecular flexibility index (Phi) is 5.62. The van der Waals surface area contributed by atoms with Gasteiger partial charge in [-0.25, -0.2) is 4.79 Å². The third-order valence-corrected chi connectivity index (χ3v) is 6.48. The first-order valence-electron chi connectivity index (χ1n) is 10.2. The molecule has 0 atom stereocenters. The molecule has 1 saturated heterocycles. The van der Waals surface area contributed by atoms with Crippen molar-refractivity contribution in [1.82, 2.24) is 24.7 Å². The first-order chi connectivity index (χ1) is 15.6. The second-order valence-corrected chi connectivity index (χ2v) is 8.79. The monoisotopic (exact) mass is 469 g/mol. The fraction of sp³-hybridized carbons (Fsp3) is 0.238. The summed E-state index contributed by atoms with van der Waals surface area (Å²) in [6.45, 7) is 1.83. The molecule has 3 heterocycles. The van der Waals surface area contributed by atoms with Gasteiger partial charge in [0.05, 0.1) is 27.5 Å². The number of nitrogens with one attached hydrogen (secondary N) is 3. The number of aromatic amines is 2. The van der Waals surface area contributed by atoms with E-state index in [2.05, 4.69) is 30.4 Å². The molecule has 0 aliphatic carbocycles. The highest BCUT2D eigenvalue weighted by molar-refractivity contribution is 7.99. The molecule has 1 amide bonds. The highest BCUT2D eigenvalue weighted by atomic mass is 35.5. The Balaban J connectivity index is 1.35. The van der Waals surface area contributed by atoms with Gasteiger partial charge >= 0.3 is 5.69 Å². The summed E-state index contributed by atoms with van der Waals surface area (Å²) in [7, 11) is 0. The summed E-state index contributed by atoms with van der Waals surface area (Å²) in [6, 6.07) is 12.7. The largest absolute Gasteiger partial charge is 0.341 e. The lowest BCUT2D eigenvalue weighted by Gasteiger charge is -2.19. The van der Waals surface area contributed by atoms with E-state index in [-0.39, 0.29) is 17.3 Å². The van der Waals surface area contributed by atoms with Crippen molar-refractivity contribution in [3.8, 4) is 5.69 Å². The summed E-state index contributed by atoms with van der Waals surface area (Å²) in [5.74, 6) is 0.689. The van der Waals surface area contributed by atoms with Crippen LogP contribution in [0.1, 0.15) is 12.8 Å². The van der Waals surface area contributed by atoms with Crippen LogP contribution < -0.4 is 15.9 Å². The normalized spacial score (nSPS) is 13.7. The number of hydrogen-bond donors (Lipinski definition) is 3. The molecule has 2 aromatic carbocycles. The minimum Gasteiger partial charge on any atom is -0.341 e. The van der Waals surface area contributed by atoms with Gasteiger partial charge in [-0.2, -0.15) is 0 Å². The summed E-state index contributed by atoms with van der Waals surface area (Å²) >= 11 is 7.77. The molecule has 32 heavy (non-hydrogen) atoms. The zero-order valence-electron chi connectivity index (χ0n) is 17.0. The zero-order valence-corrected chi connectivity index (χ0v) is 18.5. The van der Waals surface area contributed by atoms with Gasteiger partial charge in [-0.3, -0.25) is 9.36 Å². The number of rotatable bonds is 6. The van der Waals surface area contributed by atoms with Crippen LogP contribution in [0.4, 0.5) is 11.6 Å². The maximum atomic E-state index is 12.6. The lowest BCUT2D eigenvalue weighted by molar-refractivity contribution is -0.113. The number of carbonyl (C=O) groups is 1. The molecule has 1 fully saturated rings. The number of benzene rings is 2. The van der Waals surface area contributed by atoms with E-state index < -0.39 is 0 Å². The van der Waals surface area contributed by atoms with Crippen molar-refractivity contribution in [2.75, 3.05) is 29.1 Å². The van der Waals surface area contributed by atoms with Crippen LogP contribution in [0.25, 0.3) is 16.7 Å². The van der Waals surface area contributed by atoms with Crippen LogP contribution in [0.2, 0.25) is 5.02 Å². The van der Waals surface area contributed by atoms with E-state index in [9.17, 15) is 9.59 Å². The van der Waals surface area contributed by atoms with E-state index in [0.717, 1.165) is 37.6 Å². The molecule has 3 N–H and O–H groups in total. The lowest BCUT2D eigenvalue weighted by Crippen LogP contribution is -2.22. The molecule has 0 radical (unpaired) electrons. The quantitative estimate of drug-likeness (QED) is 0.373. The van der Waals surface area contributed by atoms with E-state index >= 15 is 0 Å². The Labute approximate surface area is 192 Å². The van der Waals surface area contributed by atoms with Crippen LogP contribution in [0, 0.1) is 0 Å². The number of para-hydroxylation sites is 1. The molecule has 0 spiro atoms. The number of thioether (sulfide) groups is 1.